The number of carbonyl (C=O) groups is 2. The van der Waals surface area contributed by atoms with Gasteiger partial charge in [0, 0.05) is 22.5 Å². The van der Waals surface area contributed by atoms with Crippen molar-refractivity contribution < 1.29 is 27.8 Å². The molecule has 4 atom stereocenters. The Morgan fingerprint density at radius 1 is 1.07 bits per heavy atom. The van der Waals surface area contributed by atoms with Gasteiger partial charge in [0.05, 0.1) is 42.1 Å². The molecule has 0 bridgehead atoms. The van der Waals surface area contributed by atoms with E-state index in [2.05, 4.69) is 10.6 Å². The second-order valence-electron chi connectivity index (χ2n) is 11.5. The summed E-state index contributed by atoms with van der Waals surface area (Å²) in [6, 6.07) is 11.1. The number of hydrogen-bond acceptors (Lipinski definition) is 6. The SMILES string of the molecule is COC(=O)c1ccc(NC(=O)[C@@H]2N[C@@H](CC(C)(C)C)[C@](N)(c3ccc(Cl)cc3F)[C@H]2c2cccc(Cl)c2F)c(OC)c1. The molecule has 224 valence electrons. The first kappa shape index (κ1) is 31.7. The maximum Gasteiger partial charge on any atom is 0.337 e. The molecule has 3 aromatic rings. The van der Waals surface area contributed by atoms with Crippen molar-refractivity contribution in [1.82, 2.24) is 5.32 Å². The fourth-order valence-electron chi connectivity index (χ4n) is 5.65. The number of nitrogens with two attached hydrogens (primary N) is 1. The summed E-state index contributed by atoms with van der Waals surface area (Å²) in [6.45, 7) is 5.97. The van der Waals surface area contributed by atoms with E-state index in [-0.39, 0.29) is 43.6 Å². The molecule has 0 saturated carbocycles. The van der Waals surface area contributed by atoms with Crippen LogP contribution in [-0.2, 0) is 15.1 Å². The maximum atomic E-state index is 15.8. The number of hydrogen-bond donors (Lipinski definition) is 3. The Morgan fingerprint density at radius 2 is 1.79 bits per heavy atom. The Labute approximate surface area is 253 Å². The van der Waals surface area contributed by atoms with E-state index in [0.29, 0.717) is 6.42 Å². The standard InChI is InChI=1S/C31H33Cl2F2N3O4/c1-30(2,3)15-24-31(36,19-11-10-17(32)14-21(19)34)25(18-7-6-8-20(33)26(18)35)27(38-24)28(39)37-22-12-9-16(29(40)42-5)13-23(22)41-4/h6-14,24-25,27,38H,15,36H2,1-5H3,(H,37,39)/t24-,25-,27+,31+/m0/s1. The minimum absolute atomic E-state index is 0.0522. The molecule has 0 aliphatic carbocycles. The van der Waals surface area contributed by atoms with Gasteiger partial charge in [-0.2, -0.15) is 0 Å². The number of nitrogens with one attached hydrogen (secondary N) is 2. The van der Waals surface area contributed by atoms with Crippen LogP contribution in [0.15, 0.2) is 54.6 Å². The molecule has 7 nitrogen and oxygen atoms in total. The van der Waals surface area contributed by atoms with Crippen molar-refractivity contribution in [3.05, 3.63) is 93.0 Å². The minimum Gasteiger partial charge on any atom is -0.495 e. The van der Waals surface area contributed by atoms with Crippen LogP contribution in [-0.4, -0.2) is 38.2 Å². The van der Waals surface area contributed by atoms with Crippen LogP contribution in [0.5, 0.6) is 5.75 Å². The predicted octanol–water partition coefficient (Wildman–Crippen LogP) is 6.42. The Hall–Kier alpha value is -3.24. The molecule has 4 N–H and O–H groups in total. The number of benzene rings is 3. The molecule has 4 rings (SSSR count). The van der Waals surface area contributed by atoms with Crippen molar-refractivity contribution in [2.24, 2.45) is 11.1 Å². The van der Waals surface area contributed by atoms with E-state index in [9.17, 15) is 9.59 Å². The Kier molecular flexibility index (Phi) is 9.18. The average Bonchev–Trinajstić information content (AvgIpc) is 3.20. The Balaban J connectivity index is 1.88. The monoisotopic (exact) mass is 619 g/mol. The summed E-state index contributed by atoms with van der Waals surface area (Å²) in [5, 5.41) is 6.13. The number of rotatable bonds is 7. The van der Waals surface area contributed by atoms with Crippen LogP contribution in [0.2, 0.25) is 10.0 Å². The van der Waals surface area contributed by atoms with Crippen LogP contribution in [0.25, 0.3) is 0 Å². The zero-order valence-electron chi connectivity index (χ0n) is 23.9. The van der Waals surface area contributed by atoms with Crippen LogP contribution in [0, 0.1) is 17.0 Å². The minimum atomic E-state index is -1.62. The molecule has 0 spiro atoms. The highest BCUT2D eigenvalue weighted by Gasteiger charge is 2.58. The molecule has 0 aromatic heterocycles. The van der Waals surface area contributed by atoms with Gasteiger partial charge >= 0.3 is 5.97 Å². The Bertz CT molecular complexity index is 1510. The fourth-order valence-corrected chi connectivity index (χ4v) is 5.99. The number of carbonyl (C=O) groups excluding carboxylic acids is 2. The van der Waals surface area contributed by atoms with Crippen molar-refractivity contribution in [3.8, 4) is 5.75 Å². The molecule has 1 saturated heterocycles. The van der Waals surface area contributed by atoms with Gasteiger partial charge in [-0.15, -0.1) is 0 Å². The second-order valence-corrected chi connectivity index (χ2v) is 12.4. The number of amides is 1. The van der Waals surface area contributed by atoms with E-state index in [4.69, 9.17) is 38.4 Å². The van der Waals surface area contributed by atoms with E-state index >= 15 is 8.78 Å². The summed E-state index contributed by atoms with van der Waals surface area (Å²) in [6.07, 6.45) is 0.408. The number of methoxy groups -OCH3 is 2. The third kappa shape index (κ3) is 6.10. The third-order valence-corrected chi connectivity index (χ3v) is 8.03. The summed E-state index contributed by atoms with van der Waals surface area (Å²) >= 11 is 12.3. The molecular weight excluding hydrogens is 587 g/mol. The molecule has 0 radical (unpaired) electrons. The van der Waals surface area contributed by atoms with E-state index < -0.39 is 47.1 Å². The van der Waals surface area contributed by atoms with Crippen LogP contribution < -0.4 is 21.1 Å². The quantitative estimate of drug-likeness (QED) is 0.264. The highest BCUT2D eigenvalue weighted by molar-refractivity contribution is 6.31. The fraction of sp³-hybridized carbons (Fsp3) is 0.355. The Morgan fingerprint density at radius 3 is 2.40 bits per heavy atom. The molecule has 3 aromatic carbocycles. The van der Waals surface area contributed by atoms with Gasteiger partial charge in [-0.3, -0.25) is 4.79 Å². The topological polar surface area (TPSA) is 103 Å². The third-order valence-electron chi connectivity index (χ3n) is 7.50. The van der Waals surface area contributed by atoms with Gasteiger partial charge in [0.15, 0.2) is 0 Å². The van der Waals surface area contributed by atoms with Crippen LogP contribution in [0.4, 0.5) is 14.5 Å². The van der Waals surface area contributed by atoms with Crippen molar-refractivity contribution in [2.45, 2.75) is 50.7 Å². The van der Waals surface area contributed by atoms with E-state index in [1.54, 1.807) is 6.07 Å². The van der Waals surface area contributed by atoms with Crippen LogP contribution in [0.1, 0.15) is 54.6 Å². The molecule has 1 aliphatic rings. The predicted molar refractivity (Wildman–Crippen MR) is 159 cm³/mol. The van der Waals surface area contributed by atoms with Gasteiger partial charge < -0.3 is 25.8 Å². The zero-order chi connectivity index (χ0) is 31.0. The molecule has 11 heteroatoms. The van der Waals surface area contributed by atoms with Crippen molar-refractivity contribution in [1.29, 1.82) is 0 Å². The number of esters is 1. The molecule has 1 amide bonds. The second kappa shape index (κ2) is 12.2. The smallest absolute Gasteiger partial charge is 0.337 e. The molecule has 1 fully saturated rings. The normalized spacial score (nSPS) is 22.1. The first-order valence-corrected chi connectivity index (χ1v) is 14.0. The zero-order valence-corrected chi connectivity index (χ0v) is 25.4. The average molecular weight is 621 g/mol. The lowest BCUT2D eigenvalue weighted by Gasteiger charge is -2.40. The summed E-state index contributed by atoms with van der Waals surface area (Å²) in [5.41, 5.74) is 5.88. The highest BCUT2D eigenvalue weighted by atomic mass is 35.5. The van der Waals surface area contributed by atoms with Gasteiger partial charge in [0.1, 0.15) is 17.4 Å². The summed E-state index contributed by atoms with van der Waals surface area (Å²) in [4.78, 5) is 26.1. The van der Waals surface area contributed by atoms with Crippen molar-refractivity contribution in [2.75, 3.05) is 19.5 Å². The lowest BCUT2D eigenvalue weighted by Crippen LogP contribution is -2.52. The van der Waals surface area contributed by atoms with Gasteiger partial charge in [0.2, 0.25) is 5.91 Å². The summed E-state index contributed by atoms with van der Waals surface area (Å²) in [5.74, 6) is -3.51. The number of anilines is 1. The van der Waals surface area contributed by atoms with Gasteiger partial charge in [-0.05, 0) is 53.8 Å². The van der Waals surface area contributed by atoms with E-state index in [1.807, 2.05) is 20.8 Å². The number of halogens is 4. The number of ether oxygens (including phenoxy) is 2. The lowest BCUT2D eigenvalue weighted by atomic mass is 9.68. The van der Waals surface area contributed by atoms with Gasteiger partial charge in [-0.25, -0.2) is 13.6 Å². The van der Waals surface area contributed by atoms with Gasteiger partial charge in [-0.1, -0.05) is 62.2 Å². The lowest BCUT2D eigenvalue weighted by molar-refractivity contribution is -0.118. The first-order valence-electron chi connectivity index (χ1n) is 13.2. The molecule has 42 heavy (non-hydrogen) atoms. The summed E-state index contributed by atoms with van der Waals surface area (Å²) < 4.78 is 41.6. The molecule has 1 aliphatic heterocycles. The molecule has 1 heterocycles. The van der Waals surface area contributed by atoms with Gasteiger partial charge in [0.25, 0.3) is 0 Å². The van der Waals surface area contributed by atoms with Crippen LogP contribution in [0.3, 0.4) is 0 Å². The van der Waals surface area contributed by atoms with E-state index in [0.717, 1.165) is 6.07 Å². The largest absolute Gasteiger partial charge is 0.495 e. The first-order chi connectivity index (χ1) is 19.7. The molecule has 0 unspecified atom stereocenters. The van der Waals surface area contributed by atoms with Crippen molar-refractivity contribution >= 4 is 40.8 Å². The highest BCUT2D eigenvalue weighted by Crippen LogP contribution is 2.50. The molecular formula is C31H33Cl2F2N3O4. The van der Waals surface area contributed by atoms with Crippen molar-refractivity contribution in [3.63, 3.8) is 0 Å². The van der Waals surface area contributed by atoms with Crippen LogP contribution >= 0.6 is 23.2 Å². The summed E-state index contributed by atoms with van der Waals surface area (Å²) in [7, 11) is 2.64. The maximum absolute atomic E-state index is 15.8. The van der Waals surface area contributed by atoms with E-state index in [1.165, 1.54) is 56.7 Å².